The van der Waals surface area contributed by atoms with Gasteiger partial charge in [-0.3, -0.25) is 0 Å². The summed E-state index contributed by atoms with van der Waals surface area (Å²) in [5.74, 6) is 0. The Morgan fingerprint density at radius 3 is 0.150 bits per heavy atom. The first-order valence-corrected chi connectivity index (χ1v) is 4.50. The maximum Gasteiger partial charge on any atom is -0.106 e. The molecule has 0 aliphatic heterocycles. The first-order valence-electron chi connectivity index (χ1n) is 4.50. The fourth-order valence-corrected chi connectivity index (χ4v) is 0. The van der Waals surface area contributed by atoms with Crippen LogP contribution in [0.5, 0.6) is 0 Å². The van der Waals surface area contributed by atoms with E-state index in [1.165, 1.54) is 0 Å². The average molecular weight is 287 g/mol. The molecule has 6 N–H and O–H groups in total. The lowest BCUT2D eigenvalue weighted by molar-refractivity contribution is 2.13. The van der Waals surface area contributed by atoms with E-state index in [0.29, 0.717) is 0 Å². The fourth-order valence-electron chi connectivity index (χ4n) is 0. The van der Waals surface area contributed by atoms with Crippen LogP contribution in [0.15, 0.2) is 118 Å². The van der Waals surface area contributed by atoms with Crippen molar-refractivity contribution in [2.45, 2.75) is 0 Å². The summed E-state index contributed by atoms with van der Waals surface area (Å²) in [7, 11) is 0. The number of hydrogen-bond acceptors (Lipinski definition) is 2. The first kappa shape index (κ1) is 112. The third-order valence-electron chi connectivity index (χ3n) is 0. The molecular weight excluding hydrogens is 244 g/mol. The van der Waals surface area contributed by atoms with Crippen molar-refractivity contribution < 1.29 is 0 Å². The van der Waals surface area contributed by atoms with Gasteiger partial charge in [-0.05, 0) is 0 Å². The van der Waals surface area contributed by atoms with Gasteiger partial charge >= 0.3 is 0 Å². The topological polar surface area (TPSA) is 70.0 Å². The van der Waals surface area contributed by atoms with E-state index in [9.17, 15) is 0 Å². The van der Waals surface area contributed by atoms with Crippen LogP contribution in [0.25, 0.3) is 0 Å². The molecule has 2 heteroatoms. The molecular formula is C18H42N2. The van der Waals surface area contributed by atoms with Gasteiger partial charge in [-0.2, -0.15) is 0 Å². The quantitative estimate of drug-likeness (QED) is 0.451. The largest absolute Gasteiger partial charge is 0.344 e. The Labute approximate surface area is 131 Å². The van der Waals surface area contributed by atoms with Crippen LogP contribution < -0.4 is 12.3 Å². The van der Waals surface area contributed by atoms with Crippen LogP contribution in [0.1, 0.15) is 0 Å². The van der Waals surface area contributed by atoms with Gasteiger partial charge in [0.25, 0.3) is 0 Å². The molecule has 0 aliphatic rings. The van der Waals surface area contributed by atoms with E-state index in [4.69, 9.17) is 0 Å². The minimum atomic E-state index is 0. The van der Waals surface area contributed by atoms with Crippen molar-refractivity contribution in [3.05, 3.63) is 118 Å². The molecule has 0 bridgehead atoms. The Balaban J connectivity index is -0.00000000500. The first-order chi connectivity index (χ1) is 9.00. The third kappa shape index (κ3) is 566. The lowest BCUT2D eigenvalue weighted by Crippen LogP contribution is -0.552. The summed E-state index contributed by atoms with van der Waals surface area (Å²) >= 11 is 0. The van der Waals surface area contributed by atoms with Crippen LogP contribution in [0.3, 0.4) is 0 Å². The molecule has 0 saturated carbocycles. The van der Waals surface area contributed by atoms with Crippen molar-refractivity contribution in [1.29, 1.82) is 0 Å². The van der Waals surface area contributed by atoms with Gasteiger partial charge in [-0.1, -0.05) is 0 Å². The van der Waals surface area contributed by atoms with E-state index in [1.54, 1.807) is 0 Å². The monoisotopic (exact) mass is 286 g/mol. The van der Waals surface area contributed by atoms with Crippen molar-refractivity contribution in [1.82, 2.24) is 12.3 Å². The van der Waals surface area contributed by atoms with Crippen LogP contribution in [0.4, 0.5) is 0 Å². The van der Waals surface area contributed by atoms with Crippen molar-refractivity contribution in [2.24, 2.45) is 0 Å². The maximum absolute atomic E-state index is 3.00. The average Bonchev–Trinajstić information content (AvgIpc) is 2.63. The van der Waals surface area contributed by atoms with Gasteiger partial charge < -0.3 is 12.3 Å². The van der Waals surface area contributed by atoms with E-state index >= 15 is 0 Å². The normalized spacial score (nSPS) is 1.80. The van der Waals surface area contributed by atoms with Gasteiger partial charge in [0, 0.05) is 0 Å². The van der Waals surface area contributed by atoms with Crippen LogP contribution >= 0.6 is 0 Å². The summed E-state index contributed by atoms with van der Waals surface area (Å²) < 4.78 is 0. The van der Waals surface area contributed by atoms with Gasteiger partial charge in [-0.15, -0.1) is 118 Å². The minimum Gasteiger partial charge on any atom is -0.344 e. The van der Waals surface area contributed by atoms with Gasteiger partial charge in [0.2, 0.25) is 0 Å². The van der Waals surface area contributed by atoms with Crippen molar-refractivity contribution >= 4 is 0 Å². The highest BCUT2D eigenvalue weighted by Crippen LogP contribution is 0.878. The highest BCUT2D eigenvalue weighted by Gasteiger charge is 0.617. The molecule has 0 aliphatic carbocycles. The molecule has 0 aromatic heterocycles. The van der Waals surface area contributed by atoms with Crippen LogP contribution in [-0.2, 0) is 0 Å². The molecule has 0 saturated heterocycles. The molecule has 0 radical (unpaired) electrons. The fraction of sp³-hybridized carbons (Fsp3) is 0. The van der Waals surface area contributed by atoms with Crippen molar-refractivity contribution in [3.8, 4) is 0 Å². The lowest BCUT2D eigenvalue weighted by atomic mass is 11.3. The zero-order valence-electron chi connectivity index (χ0n) is 14.1. The molecule has 0 unspecified atom stereocenters. The molecule has 0 aromatic rings. The Hall–Kier alpha value is -2.42. The Kier molecular flexibility index (Phi) is 3840. The van der Waals surface area contributed by atoms with E-state index in [2.05, 4.69) is 118 Å². The molecule has 0 rings (SSSR count). The Morgan fingerprint density at radius 1 is 0.150 bits per heavy atom. The number of hydrogen-bond donors (Lipinski definition) is 2. The second kappa shape index (κ2) is 687. The standard InChI is InChI=1S/9C2H4.2H3N/c9*1-2;;/h9*1-2H2;2*1H3. The van der Waals surface area contributed by atoms with Gasteiger partial charge in [0.1, 0.15) is 0 Å². The zero-order chi connectivity index (χ0) is 18.0. The van der Waals surface area contributed by atoms with Crippen LogP contribution in [0, 0.1) is 0 Å². The van der Waals surface area contributed by atoms with Gasteiger partial charge in [0.15, 0.2) is 0 Å². The molecule has 0 heterocycles. The van der Waals surface area contributed by atoms with E-state index in [0.717, 1.165) is 0 Å². The lowest BCUT2D eigenvalue weighted by Gasteiger charge is -0.813. The molecule has 2 nitrogen and oxygen atoms in total. The predicted octanol–water partition coefficient (Wildman–Crippen LogP) is 7.54. The Morgan fingerprint density at radius 2 is 0.150 bits per heavy atom. The van der Waals surface area contributed by atoms with Gasteiger partial charge in [-0.25, -0.2) is 0 Å². The highest BCUT2D eigenvalue weighted by molar-refractivity contribution is 4.24. The Bertz CT molecular complexity index is 37.9. The van der Waals surface area contributed by atoms with Crippen molar-refractivity contribution in [3.63, 3.8) is 0 Å². The SMILES string of the molecule is C=C.C=C.C=C.C=C.C=C.C=C.C=C.C=C.C=C.N.N. The van der Waals surface area contributed by atoms with E-state index < -0.39 is 0 Å². The molecule has 0 aromatic carbocycles. The second-order valence-corrected chi connectivity index (χ2v) is 0. The second-order valence-electron chi connectivity index (χ2n) is 0. The highest BCUT2D eigenvalue weighted by atomic mass is 14.0. The molecule has 20 heavy (non-hydrogen) atoms. The zero-order valence-corrected chi connectivity index (χ0v) is 14.1. The predicted molar refractivity (Wildman–Crippen MR) is 111 cm³/mol. The van der Waals surface area contributed by atoms with E-state index in [-0.39, 0.29) is 12.3 Å². The smallest absolute Gasteiger partial charge is 0.106 e. The molecule has 0 fully saturated rings. The van der Waals surface area contributed by atoms with Crippen LogP contribution in [-0.4, -0.2) is 0 Å². The van der Waals surface area contributed by atoms with E-state index in [1.807, 2.05) is 0 Å². The summed E-state index contributed by atoms with van der Waals surface area (Å²) in [5.41, 5.74) is 0. The molecule has 0 amide bonds. The summed E-state index contributed by atoms with van der Waals surface area (Å²) in [5, 5.41) is 0. The summed E-state index contributed by atoms with van der Waals surface area (Å²) in [6.45, 7) is 54.0. The van der Waals surface area contributed by atoms with Gasteiger partial charge in [0.05, 0.1) is 0 Å². The molecule has 0 spiro atoms. The molecule has 124 valence electrons. The molecule has 0 atom stereocenters. The summed E-state index contributed by atoms with van der Waals surface area (Å²) in [6, 6.07) is 0. The van der Waals surface area contributed by atoms with Crippen LogP contribution in [0.2, 0.25) is 0 Å². The third-order valence-corrected chi connectivity index (χ3v) is 0. The summed E-state index contributed by atoms with van der Waals surface area (Å²) in [6.07, 6.45) is 0. The number of rotatable bonds is 0. The summed E-state index contributed by atoms with van der Waals surface area (Å²) in [4.78, 5) is 0. The minimum absolute atomic E-state index is 0. The van der Waals surface area contributed by atoms with Crippen molar-refractivity contribution in [2.75, 3.05) is 0 Å². The maximum atomic E-state index is 3.00.